The number of aromatic nitrogens is 2. The first-order chi connectivity index (χ1) is 8.71. The summed E-state index contributed by atoms with van der Waals surface area (Å²) in [5, 5.41) is 18.9. The van der Waals surface area contributed by atoms with Crippen molar-refractivity contribution in [2.75, 3.05) is 6.61 Å². The summed E-state index contributed by atoms with van der Waals surface area (Å²) in [6.45, 7) is 0.228. The zero-order valence-corrected chi connectivity index (χ0v) is 10.0. The van der Waals surface area contributed by atoms with E-state index < -0.39 is 41.4 Å². The van der Waals surface area contributed by atoms with Crippen molar-refractivity contribution in [3.05, 3.63) is 33.1 Å². The molecule has 3 N–H and O–H groups in total. The van der Waals surface area contributed by atoms with E-state index in [1.165, 1.54) is 0 Å². The molecule has 1 fully saturated rings. The maximum atomic E-state index is 14.6. The van der Waals surface area contributed by atoms with E-state index in [1.807, 2.05) is 4.98 Å². The zero-order valence-electron chi connectivity index (χ0n) is 10.0. The lowest BCUT2D eigenvalue weighted by Crippen LogP contribution is -2.55. The van der Waals surface area contributed by atoms with Gasteiger partial charge in [0.2, 0.25) is 0 Å². The highest BCUT2D eigenvalue weighted by Gasteiger charge is 2.62. The Morgan fingerprint density at radius 3 is 2.74 bits per heavy atom. The number of rotatable bonds is 2. The number of nitrogens with one attached hydrogen (secondary N) is 1. The van der Waals surface area contributed by atoms with Crippen LogP contribution in [0.2, 0.25) is 0 Å². The molecule has 1 aromatic heterocycles. The maximum absolute atomic E-state index is 14.6. The fourth-order valence-electron chi connectivity index (χ4n) is 2.02. The highest BCUT2D eigenvalue weighted by atomic mass is 19.1. The smallest absolute Gasteiger partial charge is 0.330 e. The predicted octanol–water partition coefficient (Wildman–Crippen LogP) is -1.99. The van der Waals surface area contributed by atoms with Crippen LogP contribution in [0.15, 0.2) is 21.9 Å². The molecule has 1 aliphatic rings. The average Bonchev–Trinajstić information content (AvgIpc) is 2.47. The lowest BCUT2D eigenvalue weighted by molar-refractivity contribution is -0.0613. The van der Waals surface area contributed by atoms with Crippen molar-refractivity contribution < 1.29 is 19.3 Å². The monoisotopic (exact) mass is 270 g/mol. The number of aliphatic hydroxyl groups excluding tert-OH is 1. The average molecular weight is 270 g/mol. The Labute approximate surface area is 108 Å². The van der Waals surface area contributed by atoms with Gasteiger partial charge in [0.1, 0.15) is 14.0 Å². The lowest BCUT2D eigenvalue weighted by atomic mass is 9.68. The topological polar surface area (TPSA) is 105 Å². The predicted molar refractivity (Wildman–Crippen MR) is 62.5 cm³/mol. The minimum atomic E-state index is -2.54. The molecule has 1 aliphatic heterocycles. The lowest BCUT2D eigenvalue weighted by Gasteiger charge is -2.33. The molecule has 4 atom stereocenters. The van der Waals surface area contributed by atoms with Crippen LogP contribution in [0.4, 0.5) is 4.39 Å². The van der Waals surface area contributed by atoms with E-state index in [2.05, 4.69) is 0 Å². The van der Waals surface area contributed by atoms with Crippen LogP contribution in [0.25, 0.3) is 0 Å². The van der Waals surface area contributed by atoms with Gasteiger partial charge >= 0.3 is 5.69 Å². The number of H-pyrrole nitrogens is 1. The van der Waals surface area contributed by atoms with Crippen molar-refractivity contribution in [1.29, 1.82) is 0 Å². The van der Waals surface area contributed by atoms with E-state index in [-0.39, 0.29) is 0 Å². The fraction of sp³-hybridized carbons (Fsp3) is 0.600. The molecular weight excluding hydrogens is 258 g/mol. The molecule has 102 valence electrons. The van der Waals surface area contributed by atoms with Crippen LogP contribution in [0.3, 0.4) is 0 Å². The van der Waals surface area contributed by atoms with Crippen molar-refractivity contribution in [3.8, 4) is 0 Å². The summed E-state index contributed by atoms with van der Waals surface area (Å²) in [7, 11) is 5.43. The Kier molecular flexibility index (Phi) is 3.16. The number of halogens is 1. The van der Waals surface area contributed by atoms with E-state index in [0.717, 1.165) is 23.8 Å². The summed E-state index contributed by atoms with van der Waals surface area (Å²) in [6.07, 6.45) is -1.94. The molecule has 0 aliphatic carbocycles. The molecule has 0 aromatic carbocycles. The SMILES string of the molecule is [B][C@@]1(O)[C@@H](CO)O[C@@H](n2ccc(=O)[nH]c2=O)[C@]1(C)F. The van der Waals surface area contributed by atoms with Crippen LogP contribution in [0.1, 0.15) is 13.2 Å². The van der Waals surface area contributed by atoms with Crippen LogP contribution in [0, 0.1) is 0 Å². The fourth-order valence-corrected chi connectivity index (χ4v) is 2.02. The van der Waals surface area contributed by atoms with E-state index in [4.69, 9.17) is 17.7 Å². The van der Waals surface area contributed by atoms with Gasteiger partial charge in [0.15, 0.2) is 11.9 Å². The molecule has 2 heterocycles. The second-order valence-electron chi connectivity index (χ2n) is 4.58. The van der Waals surface area contributed by atoms with Gasteiger partial charge in [-0.05, 0) is 6.92 Å². The molecule has 2 rings (SSSR count). The van der Waals surface area contributed by atoms with Gasteiger partial charge in [-0.1, -0.05) is 0 Å². The maximum Gasteiger partial charge on any atom is 0.330 e. The third kappa shape index (κ3) is 1.94. The number of alkyl halides is 1. The third-order valence-electron chi connectivity index (χ3n) is 3.30. The molecule has 1 saturated heterocycles. The van der Waals surface area contributed by atoms with Crippen molar-refractivity contribution in [2.24, 2.45) is 0 Å². The van der Waals surface area contributed by atoms with Crippen LogP contribution in [-0.2, 0) is 4.74 Å². The van der Waals surface area contributed by atoms with Gasteiger partial charge in [-0.3, -0.25) is 14.3 Å². The minimum absolute atomic E-state index is 0.651. The summed E-state index contributed by atoms with van der Waals surface area (Å²) in [4.78, 5) is 24.5. The molecule has 9 heteroatoms. The Balaban J connectivity index is 2.52. The molecule has 0 unspecified atom stereocenters. The van der Waals surface area contributed by atoms with Gasteiger partial charge in [-0.25, -0.2) is 9.18 Å². The van der Waals surface area contributed by atoms with E-state index in [9.17, 15) is 19.1 Å². The molecule has 19 heavy (non-hydrogen) atoms. The van der Waals surface area contributed by atoms with E-state index in [1.54, 1.807) is 0 Å². The molecule has 0 bridgehead atoms. The molecule has 2 radical (unpaired) electrons. The number of hydrogen-bond acceptors (Lipinski definition) is 5. The second kappa shape index (κ2) is 4.29. The van der Waals surface area contributed by atoms with E-state index >= 15 is 0 Å². The number of hydrogen-bond donors (Lipinski definition) is 3. The normalized spacial score (nSPS) is 38.5. The summed E-state index contributed by atoms with van der Waals surface area (Å²) in [5.74, 6) is 0. The highest BCUT2D eigenvalue weighted by Crippen LogP contribution is 2.45. The van der Waals surface area contributed by atoms with Crippen LogP contribution in [0.5, 0.6) is 0 Å². The number of aliphatic hydroxyl groups is 2. The van der Waals surface area contributed by atoms with Crippen LogP contribution < -0.4 is 11.2 Å². The van der Waals surface area contributed by atoms with Crippen molar-refractivity contribution in [3.63, 3.8) is 0 Å². The second-order valence-corrected chi connectivity index (χ2v) is 4.58. The highest BCUT2D eigenvalue weighted by molar-refractivity contribution is 6.16. The van der Waals surface area contributed by atoms with Crippen LogP contribution in [-0.4, -0.2) is 51.5 Å². The first kappa shape index (κ1) is 14.0. The van der Waals surface area contributed by atoms with Gasteiger partial charge < -0.3 is 14.9 Å². The van der Waals surface area contributed by atoms with Crippen LogP contribution >= 0.6 is 0 Å². The molecule has 1 aromatic rings. The van der Waals surface area contributed by atoms with E-state index in [0.29, 0.717) is 0 Å². The zero-order chi connectivity index (χ0) is 14.4. The van der Waals surface area contributed by atoms with Crippen molar-refractivity contribution in [1.82, 2.24) is 9.55 Å². The Hall–Kier alpha value is -1.45. The number of nitrogens with zero attached hydrogens (tertiary/aromatic N) is 1. The summed E-state index contributed by atoms with van der Waals surface area (Å²) in [6, 6.07) is 1.00. The molecule has 0 amide bonds. The number of aromatic amines is 1. The molecule has 0 saturated carbocycles. The standard InChI is InChI=1S/C10H12BFN2O5/c1-9(12)7(19-5(4-15)10(9,11)18)14-3-2-6(16)13-8(14)17/h2-3,5,7,15,18H,4H2,1H3,(H,13,16,17)/t5-,7-,9+,10-/m1/s1. The Bertz CT molecular complexity index is 596. The van der Waals surface area contributed by atoms with Gasteiger partial charge in [-0.2, -0.15) is 0 Å². The molecular formula is C10H12BFN2O5. The quantitative estimate of drug-likeness (QED) is 0.540. The Morgan fingerprint density at radius 2 is 2.26 bits per heavy atom. The molecule has 7 nitrogen and oxygen atoms in total. The summed E-state index contributed by atoms with van der Waals surface area (Å²) in [5.41, 5.74) is -6.57. The summed E-state index contributed by atoms with van der Waals surface area (Å²) >= 11 is 0. The largest absolute Gasteiger partial charge is 0.394 e. The van der Waals surface area contributed by atoms with Gasteiger partial charge in [0, 0.05) is 12.3 Å². The third-order valence-corrected chi connectivity index (χ3v) is 3.30. The van der Waals surface area contributed by atoms with Gasteiger partial charge in [-0.15, -0.1) is 0 Å². The van der Waals surface area contributed by atoms with Gasteiger partial charge in [0.05, 0.1) is 12.1 Å². The van der Waals surface area contributed by atoms with Crippen molar-refractivity contribution >= 4 is 7.85 Å². The van der Waals surface area contributed by atoms with Crippen molar-refractivity contribution in [2.45, 2.75) is 30.4 Å². The van der Waals surface area contributed by atoms with Gasteiger partial charge in [0.25, 0.3) is 5.56 Å². The minimum Gasteiger partial charge on any atom is -0.394 e. The Morgan fingerprint density at radius 1 is 1.63 bits per heavy atom. The number of ether oxygens (including phenoxy) is 1. The first-order valence-corrected chi connectivity index (χ1v) is 5.49. The first-order valence-electron chi connectivity index (χ1n) is 5.49. The summed E-state index contributed by atoms with van der Waals surface area (Å²) < 4.78 is 20.4. The molecule has 0 spiro atoms.